The lowest BCUT2D eigenvalue weighted by atomic mass is 9.90. The van der Waals surface area contributed by atoms with Gasteiger partial charge in [0.25, 0.3) is 0 Å². The minimum Gasteiger partial charge on any atom is -0.456 e. The Hall–Kier alpha value is -7.42. The van der Waals surface area contributed by atoms with Crippen LogP contribution in [0.2, 0.25) is 0 Å². The highest BCUT2D eigenvalue weighted by Crippen LogP contribution is 2.46. The SMILES string of the molecule is c1ccc(-c2cccc3cccc(-c4ccccc4N(c4cccc(-c5cccc6c5ccc5ccccc56)c4)c4ccc5oc6ccccc6c5c4)c23)cc1. The third-order valence-electron chi connectivity index (χ3n) is 11.2. The van der Waals surface area contributed by atoms with Gasteiger partial charge < -0.3 is 9.32 Å². The lowest BCUT2D eigenvalue weighted by molar-refractivity contribution is 0.669. The molecule has 0 bridgehead atoms. The summed E-state index contributed by atoms with van der Waals surface area (Å²) in [5.41, 5.74) is 12.1. The second kappa shape index (κ2) is 13.2. The van der Waals surface area contributed by atoms with Gasteiger partial charge in [-0.1, -0.05) is 170 Å². The molecule has 0 spiro atoms. The predicted octanol–water partition coefficient (Wildman–Crippen LogP) is 15.5. The van der Waals surface area contributed by atoms with Crippen LogP contribution in [-0.4, -0.2) is 0 Å². The summed E-state index contributed by atoms with van der Waals surface area (Å²) in [6, 6.07) is 76.6. The molecular formula is C54H35NO. The fourth-order valence-electron chi connectivity index (χ4n) is 8.71. The topological polar surface area (TPSA) is 16.4 Å². The minimum absolute atomic E-state index is 0.876. The second-order valence-corrected chi connectivity index (χ2v) is 14.4. The van der Waals surface area contributed by atoms with E-state index in [4.69, 9.17) is 4.42 Å². The standard InChI is InChI=1S/C54H35NO/c1-2-14-36(15-3-1)44-25-11-17-38-18-12-27-49(54(38)44)47-22-6-8-28-51(47)55(41-31-33-53-50(35-41)48-23-7-9-29-52(48)56-53)40-20-10-19-39(34-40)43-24-13-26-45-42-21-5-4-16-37(42)30-32-46(43)45/h1-35H. The van der Waals surface area contributed by atoms with E-state index in [0.29, 0.717) is 0 Å². The molecule has 262 valence electrons. The van der Waals surface area contributed by atoms with Crippen molar-refractivity contribution in [1.29, 1.82) is 0 Å². The van der Waals surface area contributed by atoms with Crippen molar-refractivity contribution in [3.63, 3.8) is 0 Å². The molecule has 11 rings (SSSR count). The number of fused-ring (bicyclic) bond motifs is 7. The van der Waals surface area contributed by atoms with Crippen molar-refractivity contribution in [2.75, 3.05) is 4.90 Å². The van der Waals surface area contributed by atoms with Crippen molar-refractivity contribution in [2.24, 2.45) is 0 Å². The number of para-hydroxylation sites is 2. The summed E-state index contributed by atoms with van der Waals surface area (Å²) in [6.07, 6.45) is 0. The van der Waals surface area contributed by atoms with Crippen molar-refractivity contribution in [3.05, 3.63) is 212 Å². The summed E-state index contributed by atoms with van der Waals surface area (Å²) in [4.78, 5) is 2.42. The number of anilines is 3. The molecule has 2 nitrogen and oxygen atoms in total. The molecule has 0 fully saturated rings. The molecule has 0 radical (unpaired) electrons. The fourth-order valence-corrected chi connectivity index (χ4v) is 8.71. The number of benzene rings is 10. The Balaban J connectivity index is 1.16. The quantitative estimate of drug-likeness (QED) is 0.160. The van der Waals surface area contributed by atoms with E-state index in [1.807, 2.05) is 12.1 Å². The maximum Gasteiger partial charge on any atom is 0.135 e. The smallest absolute Gasteiger partial charge is 0.135 e. The van der Waals surface area contributed by atoms with Gasteiger partial charge in [-0.05, 0) is 103 Å². The molecule has 0 aliphatic heterocycles. The molecule has 0 N–H and O–H groups in total. The Morgan fingerprint density at radius 2 is 0.929 bits per heavy atom. The zero-order chi connectivity index (χ0) is 37.0. The van der Waals surface area contributed by atoms with Crippen molar-refractivity contribution in [1.82, 2.24) is 0 Å². The highest BCUT2D eigenvalue weighted by molar-refractivity contribution is 6.13. The number of nitrogens with zero attached hydrogens (tertiary/aromatic N) is 1. The van der Waals surface area contributed by atoms with E-state index in [1.54, 1.807) is 0 Å². The third-order valence-corrected chi connectivity index (χ3v) is 11.2. The molecule has 0 saturated carbocycles. The van der Waals surface area contributed by atoms with Crippen LogP contribution in [-0.2, 0) is 0 Å². The first-order chi connectivity index (χ1) is 27.8. The molecule has 1 aromatic heterocycles. The first kappa shape index (κ1) is 32.0. The van der Waals surface area contributed by atoms with Gasteiger partial charge in [0, 0.05) is 27.7 Å². The molecule has 10 aromatic carbocycles. The fraction of sp³-hybridized carbons (Fsp3) is 0. The van der Waals surface area contributed by atoms with Crippen molar-refractivity contribution < 1.29 is 4.42 Å². The van der Waals surface area contributed by atoms with Crippen LogP contribution < -0.4 is 4.90 Å². The molecule has 0 saturated heterocycles. The normalized spacial score (nSPS) is 11.6. The number of rotatable bonds is 6. The van der Waals surface area contributed by atoms with Crippen LogP contribution >= 0.6 is 0 Å². The van der Waals surface area contributed by atoms with Crippen LogP contribution in [0.25, 0.3) is 87.6 Å². The average Bonchev–Trinajstić information content (AvgIpc) is 3.64. The third kappa shape index (κ3) is 5.26. The Kier molecular flexibility index (Phi) is 7.53. The van der Waals surface area contributed by atoms with Gasteiger partial charge in [0.05, 0.1) is 5.69 Å². The Labute approximate surface area is 325 Å². The Morgan fingerprint density at radius 3 is 1.84 bits per heavy atom. The van der Waals surface area contributed by atoms with Gasteiger partial charge in [0.15, 0.2) is 0 Å². The second-order valence-electron chi connectivity index (χ2n) is 14.4. The molecule has 0 amide bonds. The van der Waals surface area contributed by atoms with Crippen LogP contribution in [0.4, 0.5) is 17.1 Å². The van der Waals surface area contributed by atoms with Crippen LogP contribution in [0, 0.1) is 0 Å². The van der Waals surface area contributed by atoms with Crippen LogP contribution in [0.1, 0.15) is 0 Å². The van der Waals surface area contributed by atoms with Crippen LogP contribution in [0.15, 0.2) is 217 Å². The van der Waals surface area contributed by atoms with Gasteiger partial charge in [-0.25, -0.2) is 0 Å². The Morgan fingerprint density at radius 1 is 0.304 bits per heavy atom. The van der Waals surface area contributed by atoms with Gasteiger partial charge in [-0.3, -0.25) is 0 Å². The largest absolute Gasteiger partial charge is 0.456 e. The molecule has 11 aromatic rings. The summed E-state index contributed by atoms with van der Waals surface area (Å²) < 4.78 is 6.32. The predicted molar refractivity (Wildman–Crippen MR) is 237 cm³/mol. The summed E-state index contributed by atoms with van der Waals surface area (Å²) in [5.74, 6) is 0. The van der Waals surface area contributed by atoms with Crippen LogP contribution in [0.5, 0.6) is 0 Å². The lowest BCUT2D eigenvalue weighted by Crippen LogP contribution is -2.11. The van der Waals surface area contributed by atoms with E-state index in [1.165, 1.54) is 54.6 Å². The van der Waals surface area contributed by atoms with Gasteiger partial charge in [0.1, 0.15) is 11.2 Å². The van der Waals surface area contributed by atoms with E-state index in [2.05, 4.69) is 205 Å². The summed E-state index contributed by atoms with van der Waals surface area (Å²) in [5, 5.41) is 9.67. The first-order valence-corrected chi connectivity index (χ1v) is 19.2. The molecule has 0 atom stereocenters. The van der Waals surface area contributed by atoms with Gasteiger partial charge in [-0.2, -0.15) is 0 Å². The molecule has 1 heterocycles. The summed E-state index contributed by atoms with van der Waals surface area (Å²) >= 11 is 0. The number of furan rings is 1. The maximum absolute atomic E-state index is 6.32. The number of hydrogen-bond donors (Lipinski definition) is 0. The zero-order valence-electron chi connectivity index (χ0n) is 30.6. The minimum atomic E-state index is 0.876. The molecule has 0 aliphatic carbocycles. The summed E-state index contributed by atoms with van der Waals surface area (Å²) in [6.45, 7) is 0. The van der Waals surface area contributed by atoms with Crippen LogP contribution in [0.3, 0.4) is 0 Å². The highest BCUT2D eigenvalue weighted by atomic mass is 16.3. The van der Waals surface area contributed by atoms with Crippen molar-refractivity contribution >= 4 is 71.3 Å². The van der Waals surface area contributed by atoms with E-state index < -0.39 is 0 Å². The van der Waals surface area contributed by atoms with Gasteiger partial charge in [0.2, 0.25) is 0 Å². The van der Waals surface area contributed by atoms with Crippen molar-refractivity contribution in [3.8, 4) is 33.4 Å². The zero-order valence-corrected chi connectivity index (χ0v) is 30.6. The molecule has 0 aliphatic rings. The highest BCUT2D eigenvalue weighted by Gasteiger charge is 2.21. The monoisotopic (exact) mass is 713 g/mol. The van der Waals surface area contributed by atoms with Gasteiger partial charge >= 0.3 is 0 Å². The van der Waals surface area contributed by atoms with E-state index in [0.717, 1.165) is 50.1 Å². The molecular weight excluding hydrogens is 679 g/mol. The van der Waals surface area contributed by atoms with Gasteiger partial charge in [-0.15, -0.1) is 0 Å². The van der Waals surface area contributed by atoms with Crippen molar-refractivity contribution in [2.45, 2.75) is 0 Å². The lowest BCUT2D eigenvalue weighted by Gasteiger charge is -2.29. The first-order valence-electron chi connectivity index (χ1n) is 19.2. The molecule has 0 unspecified atom stereocenters. The maximum atomic E-state index is 6.32. The van der Waals surface area contributed by atoms with E-state index in [-0.39, 0.29) is 0 Å². The summed E-state index contributed by atoms with van der Waals surface area (Å²) in [7, 11) is 0. The molecule has 2 heteroatoms. The molecule has 56 heavy (non-hydrogen) atoms. The van der Waals surface area contributed by atoms with E-state index in [9.17, 15) is 0 Å². The van der Waals surface area contributed by atoms with E-state index >= 15 is 0 Å². The Bertz CT molecular complexity index is 3260. The number of hydrogen-bond acceptors (Lipinski definition) is 2. The average molecular weight is 714 g/mol.